The molecule has 1 heterocycles. The first-order chi connectivity index (χ1) is 9.91. The summed E-state index contributed by atoms with van der Waals surface area (Å²) in [5.41, 5.74) is -1.09. The Morgan fingerprint density at radius 1 is 1.24 bits per heavy atom. The molecule has 0 aromatic rings. The molecule has 2 unspecified atom stereocenters. The maximum atomic E-state index is 12.2. The number of carboxylic acids is 1. The predicted molar refractivity (Wildman–Crippen MR) is 80.2 cm³/mol. The number of piperidine rings is 1. The lowest BCUT2D eigenvalue weighted by Gasteiger charge is -2.38. The second kappa shape index (κ2) is 6.64. The van der Waals surface area contributed by atoms with E-state index in [2.05, 4.69) is 22.6 Å². The molecule has 1 aliphatic carbocycles. The van der Waals surface area contributed by atoms with Crippen LogP contribution in [-0.4, -0.2) is 53.7 Å². The van der Waals surface area contributed by atoms with Gasteiger partial charge in [0, 0.05) is 6.04 Å². The van der Waals surface area contributed by atoms with Gasteiger partial charge in [0.15, 0.2) is 0 Å². The van der Waals surface area contributed by atoms with Gasteiger partial charge in [0.25, 0.3) is 0 Å². The van der Waals surface area contributed by atoms with Crippen molar-refractivity contribution in [3.05, 3.63) is 0 Å². The minimum Gasteiger partial charge on any atom is -0.480 e. The summed E-state index contributed by atoms with van der Waals surface area (Å²) in [5, 5.41) is 15.2. The molecule has 0 aromatic carbocycles. The van der Waals surface area contributed by atoms with E-state index in [1.54, 1.807) is 0 Å². The van der Waals surface area contributed by atoms with Gasteiger partial charge in [-0.1, -0.05) is 19.8 Å². The Morgan fingerprint density at radius 2 is 1.90 bits per heavy atom. The zero-order valence-corrected chi connectivity index (χ0v) is 13.0. The smallest absolute Gasteiger partial charge is 0.329 e. The summed E-state index contributed by atoms with van der Waals surface area (Å²) in [5.74, 6) is -0.578. The van der Waals surface area contributed by atoms with Crippen LogP contribution >= 0.6 is 0 Å². The molecule has 2 aliphatic rings. The third-order valence-electron chi connectivity index (χ3n) is 4.81. The largest absolute Gasteiger partial charge is 0.480 e. The van der Waals surface area contributed by atoms with Gasteiger partial charge in [0.1, 0.15) is 5.54 Å². The van der Waals surface area contributed by atoms with Gasteiger partial charge >= 0.3 is 12.0 Å². The van der Waals surface area contributed by atoms with Gasteiger partial charge in [-0.3, -0.25) is 0 Å². The number of amides is 2. The number of rotatable bonds is 3. The molecule has 1 saturated heterocycles. The van der Waals surface area contributed by atoms with E-state index in [-0.39, 0.29) is 12.1 Å². The topological polar surface area (TPSA) is 81.7 Å². The molecule has 0 spiro atoms. The van der Waals surface area contributed by atoms with Gasteiger partial charge in [-0.25, -0.2) is 9.59 Å². The fraction of sp³-hybridized carbons (Fsp3) is 0.867. The first-order valence-electron chi connectivity index (χ1n) is 7.92. The lowest BCUT2D eigenvalue weighted by Crippen LogP contribution is -2.60. The number of aliphatic carboxylic acids is 1. The zero-order valence-electron chi connectivity index (χ0n) is 13.0. The van der Waals surface area contributed by atoms with E-state index in [4.69, 9.17) is 0 Å². The summed E-state index contributed by atoms with van der Waals surface area (Å²) in [7, 11) is 2.07. The standard InChI is InChI=1S/C15H27N3O3/c1-11-4-3-7-15(10-11,13(19)20)17-14(21)16-12-5-8-18(2)9-6-12/h11-12H,3-10H2,1-2H3,(H,19,20)(H2,16,17,21). The number of nitrogens with one attached hydrogen (secondary N) is 2. The van der Waals surface area contributed by atoms with Crippen LogP contribution < -0.4 is 10.6 Å². The van der Waals surface area contributed by atoms with Gasteiger partial charge in [-0.05, 0) is 51.7 Å². The van der Waals surface area contributed by atoms with E-state index in [9.17, 15) is 14.7 Å². The first kappa shape index (κ1) is 16.1. The summed E-state index contributed by atoms with van der Waals surface area (Å²) >= 11 is 0. The molecule has 2 amide bonds. The molecular weight excluding hydrogens is 270 g/mol. The van der Waals surface area contributed by atoms with Gasteiger partial charge in [0.05, 0.1) is 0 Å². The number of likely N-dealkylation sites (tertiary alicyclic amines) is 1. The summed E-state index contributed by atoms with van der Waals surface area (Å²) in [4.78, 5) is 26.1. The molecule has 2 fully saturated rings. The van der Waals surface area contributed by atoms with Crippen molar-refractivity contribution in [2.24, 2.45) is 5.92 Å². The van der Waals surface area contributed by atoms with Gasteiger partial charge < -0.3 is 20.6 Å². The SMILES string of the molecule is CC1CCCC(NC(=O)NC2CCN(C)CC2)(C(=O)O)C1. The molecule has 120 valence electrons. The van der Waals surface area contributed by atoms with Crippen molar-refractivity contribution in [3.8, 4) is 0 Å². The highest BCUT2D eigenvalue weighted by Gasteiger charge is 2.43. The van der Waals surface area contributed by atoms with Crippen molar-refractivity contribution in [3.63, 3.8) is 0 Å². The summed E-state index contributed by atoms with van der Waals surface area (Å²) < 4.78 is 0. The number of carboxylic acid groups (broad SMARTS) is 1. The van der Waals surface area contributed by atoms with Crippen LogP contribution in [-0.2, 0) is 4.79 Å². The molecule has 1 aliphatic heterocycles. The number of nitrogens with zero attached hydrogens (tertiary/aromatic N) is 1. The van der Waals surface area contributed by atoms with Gasteiger partial charge in [-0.15, -0.1) is 0 Å². The quantitative estimate of drug-likeness (QED) is 0.736. The highest BCUT2D eigenvalue weighted by Crippen LogP contribution is 2.32. The van der Waals surface area contributed by atoms with Crippen LogP contribution in [0.25, 0.3) is 0 Å². The minimum absolute atomic E-state index is 0.146. The molecule has 6 nitrogen and oxygen atoms in total. The molecule has 3 N–H and O–H groups in total. The van der Waals surface area contributed by atoms with E-state index >= 15 is 0 Å². The predicted octanol–water partition coefficient (Wildman–Crippen LogP) is 1.41. The molecule has 0 radical (unpaired) electrons. The van der Waals surface area contributed by atoms with Crippen molar-refractivity contribution in [1.82, 2.24) is 15.5 Å². The summed E-state index contributed by atoms with van der Waals surface area (Å²) in [6.07, 6.45) is 4.76. The van der Waals surface area contributed by atoms with Crippen LogP contribution in [0.1, 0.15) is 45.4 Å². The Hall–Kier alpha value is -1.30. The molecule has 21 heavy (non-hydrogen) atoms. The van der Waals surface area contributed by atoms with Crippen LogP contribution in [0, 0.1) is 5.92 Å². The third-order valence-corrected chi connectivity index (χ3v) is 4.81. The number of hydrogen-bond acceptors (Lipinski definition) is 3. The third kappa shape index (κ3) is 4.09. The maximum absolute atomic E-state index is 12.2. The molecule has 2 atom stereocenters. The number of hydrogen-bond donors (Lipinski definition) is 3. The van der Waals surface area contributed by atoms with Gasteiger partial charge in [0.2, 0.25) is 0 Å². The van der Waals surface area contributed by atoms with E-state index in [1.165, 1.54) is 0 Å². The molecule has 1 saturated carbocycles. The summed E-state index contributed by atoms with van der Waals surface area (Å²) in [6, 6.07) is -0.186. The highest BCUT2D eigenvalue weighted by molar-refractivity contribution is 5.86. The maximum Gasteiger partial charge on any atom is 0.329 e. The van der Waals surface area contributed by atoms with Crippen molar-refractivity contribution in [2.75, 3.05) is 20.1 Å². The average Bonchev–Trinajstić information content (AvgIpc) is 2.41. The number of urea groups is 1. The van der Waals surface area contributed by atoms with Crippen LogP contribution in [0.4, 0.5) is 4.79 Å². The number of carbonyl (C=O) groups excluding carboxylic acids is 1. The Bertz CT molecular complexity index is 394. The lowest BCUT2D eigenvalue weighted by molar-refractivity contribution is -0.146. The van der Waals surface area contributed by atoms with Crippen molar-refractivity contribution in [1.29, 1.82) is 0 Å². The number of carbonyl (C=O) groups is 2. The van der Waals surface area contributed by atoms with Crippen molar-refractivity contribution >= 4 is 12.0 Å². The van der Waals surface area contributed by atoms with Crippen LogP contribution in [0.3, 0.4) is 0 Å². The fourth-order valence-electron chi connectivity index (χ4n) is 3.50. The second-order valence-corrected chi connectivity index (χ2v) is 6.76. The van der Waals surface area contributed by atoms with E-state index in [0.717, 1.165) is 38.8 Å². The second-order valence-electron chi connectivity index (χ2n) is 6.76. The molecule has 6 heteroatoms. The van der Waals surface area contributed by atoms with Crippen LogP contribution in [0.5, 0.6) is 0 Å². The minimum atomic E-state index is -1.09. The van der Waals surface area contributed by atoms with E-state index < -0.39 is 11.5 Å². The monoisotopic (exact) mass is 297 g/mol. The molecule has 2 rings (SSSR count). The lowest BCUT2D eigenvalue weighted by atomic mass is 9.76. The Kier molecular flexibility index (Phi) is 5.08. The molecular formula is C15H27N3O3. The van der Waals surface area contributed by atoms with Gasteiger partial charge in [-0.2, -0.15) is 0 Å². The highest BCUT2D eigenvalue weighted by atomic mass is 16.4. The zero-order chi connectivity index (χ0) is 15.5. The summed E-state index contributed by atoms with van der Waals surface area (Å²) in [6.45, 7) is 3.98. The van der Waals surface area contributed by atoms with Crippen LogP contribution in [0.2, 0.25) is 0 Å². The average molecular weight is 297 g/mol. The van der Waals surface area contributed by atoms with E-state index in [1.807, 2.05) is 6.92 Å². The Labute approximate surface area is 126 Å². The van der Waals surface area contributed by atoms with E-state index in [0.29, 0.717) is 18.8 Å². The normalized spacial score (nSPS) is 31.6. The molecule has 0 aromatic heterocycles. The van der Waals surface area contributed by atoms with Crippen LogP contribution in [0.15, 0.2) is 0 Å². The Morgan fingerprint density at radius 3 is 2.48 bits per heavy atom. The van der Waals surface area contributed by atoms with Crippen molar-refractivity contribution in [2.45, 2.75) is 57.0 Å². The van der Waals surface area contributed by atoms with Crippen molar-refractivity contribution < 1.29 is 14.7 Å². The molecule has 0 bridgehead atoms. The Balaban J connectivity index is 1.91. The first-order valence-corrected chi connectivity index (χ1v) is 7.92. The fourth-order valence-corrected chi connectivity index (χ4v) is 3.50.